The molecule has 0 aliphatic heterocycles. The van der Waals surface area contributed by atoms with Gasteiger partial charge in [0.1, 0.15) is 0 Å². The number of benzene rings is 3. The van der Waals surface area contributed by atoms with Crippen LogP contribution in [0.5, 0.6) is 0 Å². The highest BCUT2D eigenvalue weighted by molar-refractivity contribution is 14.1. The molecule has 0 aliphatic carbocycles. The molecule has 3 aromatic rings. The van der Waals surface area contributed by atoms with Crippen LogP contribution in [0.3, 0.4) is 0 Å². The summed E-state index contributed by atoms with van der Waals surface area (Å²) >= 11 is 4.14. The Morgan fingerprint density at radius 3 is 1.41 bits per heavy atom. The van der Waals surface area contributed by atoms with Gasteiger partial charge in [0.2, 0.25) is 0 Å². The molecular weight excluding hydrogens is 651 g/mol. The van der Waals surface area contributed by atoms with E-state index in [9.17, 15) is 21.6 Å². The summed E-state index contributed by atoms with van der Waals surface area (Å²) in [4.78, 5) is 1.03. The fourth-order valence-corrected chi connectivity index (χ4v) is 8.00. The smallest absolute Gasteiger partial charge is 0.200 e. The molecule has 0 amide bonds. The van der Waals surface area contributed by atoms with Gasteiger partial charge in [-0.1, -0.05) is 18.2 Å². The van der Waals surface area contributed by atoms with Crippen LogP contribution in [0.25, 0.3) is 0 Å². The van der Waals surface area contributed by atoms with Crippen LogP contribution in [0.2, 0.25) is 0 Å². The van der Waals surface area contributed by atoms with Gasteiger partial charge in [-0.3, -0.25) is 0 Å². The summed E-state index contributed by atoms with van der Waals surface area (Å²) in [6, 6.07) is 21.4. The summed E-state index contributed by atoms with van der Waals surface area (Å²) in [6.45, 7) is 0. The highest BCUT2D eigenvalue weighted by Gasteiger charge is 2.52. The van der Waals surface area contributed by atoms with E-state index in [0.29, 0.717) is 14.7 Å². The first-order valence-electron chi connectivity index (χ1n) is 7.98. The highest BCUT2D eigenvalue weighted by Crippen LogP contribution is 2.70. The van der Waals surface area contributed by atoms with Gasteiger partial charge in [-0.2, -0.15) is 25.2 Å². The van der Waals surface area contributed by atoms with Crippen LogP contribution in [0, 0.1) is 7.14 Å². The number of hydrogen-bond donors (Lipinski definition) is 0. The van der Waals surface area contributed by atoms with E-state index < -0.39 is 25.9 Å². The molecule has 0 aliphatic rings. The predicted molar refractivity (Wildman–Crippen MR) is 123 cm³/mol. The zero-order valence-electron chi connectivity index (χ0n) is 14.4. The molecule has 10 heteroatoms. The van der Waals surface area contributed by atoms with Gasteiger partial charge in [0, 0.05) is 21.8 Å². The Bertz CT molecular complexity index is 1040. The minimum atomic E-state index is -5.89. The maximum absolute atomic E-state index is 13.3. The second-order valence-electron chi connectivity index (χ2n) is 5.74. The number of alkyl halides is 3. The predicted octanol–water partition coefficient (Wildman–Crippen LogP) is 6.96. The van der Waals surface area contributed by atoms with Crippen molar-refractivity contribution in [1.82, 2.24) is 0 Å². The molecule has 0 bridgehead atoms. The van der Waals surface area contributed by atoms with Crippen molar-refractivity contribution in [2.75, 3.05) is 0 Å². The van der Waals surface area contributed by atoms with Crippen LogP contribution < -0.4 is 0 Å². The second-order valence-corrected chi connectivity index (χ2v) is 12.7. The number of halogens is 5. The van der Waals surface area contributed by atoms with Crippen LogP contribution in [0.15, 0.2) is 93.5 Å². The van der Waals surface area contributed by atoms with E-state index in [1.165, 1.54) is 0 Å². The molecule has 3 rings (SSSR count). The van der Waals surface area contributed by atoms with Crippen molar-refractivity contribution in [3.8, 4) is 0 Å². The van der Waals surface area contributed by atoms with E-state index in [1.807, 2.05) is 0 Å². The van der Waals surface area contributed by atoms with Crippen molar-refractivity contribution in [2.24, 2.45) is 0 Å². The average Bonchev–Trinajstić information content (AvgIpc) is 2.67. The maximum atomic E-state index is 13.3. The zero-order chi connectivity index (χ0) is 21.3. The highest BCUT2D eigenvalue weighted by atomic mass is 127. The minimum Gasteiger partial charge on any atom is -0.200 e. The summed E-state index contributed by atoms with van der Waals surface area (Å²) in [7, 11) is -9.11. The van der Waals surface area contributed by atoms with Gasteiger partial charge >= 0.3 is 15.6 Å². The lowest BCUT2D eigenvalue weighted by Gasteiger charge is -2.39. The molecule has 0 N–H and O–H groups in total. The first kappa shape index (κ1) is 22.8. The second kappa shape index (κ2) is 8.73. The van der Waals surface area contributed by atoms with E-state index in [0.717, 1.165) is 7.14 Å². The molecule has 0 fully saturated rings. The van der Waals surface area contributed by atoms with Gasteiger partial charge in [-0.05, 0) is 116 Å². The molecule has 29 heavy (non-hydrogen) atoms. The van der Waals surface area contributed by atoms with Crippen LogP contribution in [-0.2, 0) is 13.7 Å². The van der Waals surface area contributed by atoms with Crippen molar-refractivity contribution < 1.29 is 25.2 Å². The fourth-order valence-electron chi connectivity index (χ4n) is 2.56. The normalized spacial score (nSPS) is 13.3. The Labute approximate surface area is 195 Å². The standard InChI is InChI=1S/C19H13F3I2O3S2/c20-19(21,22)29(25,26)27-28(16-4-2-1-3-5-16,17-10-6-14(23)7-11-17)18-12-8-15(24)9-13-18/h1-13H. The Balaban J connectivity index is 2.39. The minimum absolute atomic E-state index is 0.343. The third kappa shape index (κ3) is 4.75. The van der Waals surface area contributed by atoms with Crippen molar-refractivity contribution in [2.45, 2.75) is 20.2 Å². The molecule has 0 spiro atoms. The number of hydrogen-bond acceptors (Lipinski definition) is 3. The molecule has 0 aromatic heterocycles. The molecule has 154 valence electrons. The molecule has 3 nitrogen and oxygen atoms in total. The van der Waals surface area contributed by atoms with Gasteiger partial charge in [-0.15, -0.1) is 0 Å². The van der Waals surface area contributed by atoms with Gasteiger partial charge in [-0.25, -0.2) is 0 Å². The molecule has 0 unspecified atom stereocenters. The Morgan fingerprint density at radius 1 is 0.655 bits per heavy atom. The van der Waals surface area contributed by atoms with Gasteiger partial charge < -0.3 is 0 Å². The van der Waals surface area contributed by atoms with E-state index >= 15 is 0 Å². The lowest BCUT2D eigenvalue weighted by atomic mass is 10.4. The summed E-state index contributed by atoms with van der Waals surface area (Å²) in [5, 5.41) is 0. The average molecular weight is 664 g/mol. The Morgan fingerprint density at radius 2 is 1.03 bits per heavy atom. The molecular formula is C19H13F3I2O3S2. The van der Waals surface area contributed by atoms with E-state index in [-0.39, 0.29) is 0 Å². The molecule has 0 radical (unpaired) electrons. The third-order valence-corrected chi connectivity index (χ3v) is 10.2. The van der Waals surface area contributed by atoms with Gasteiger partial charge in [0.25, 0.3) is 0 Å². The van der Waals surface area contributed by atoms with Crippen molar-refractivity contribution in [3.05, 3.63) is 86.0 Å². The Hall–Kier alpha value is -0.830. The van der Waals surface area contributed by atoms with Crippen LogP contribution >= 0.6 is 55.5 Å². The van der Waals surface area contributed by atoms with Crippen LogP contribution in [-0.4, -0.2) is 13.9 Å². The SMILES string of the molecule is O=S(=O)(OS(c1ccccc1)(c1ccc(I)cc1)c1ccc(I)cc1)C(F)(F)F. The largest absolute Gasteiger partial charge is 0.524 e. The van der Waals surface area contributed by atoms with E-state index in [2.05, 4.69) is 45.2 Å². The monoisotopic (exact) mass is 664 g/mol. The molecule has 0 atom stereocenters. The fraction of sp³-hybridized carbons (Fsp3) is 0.0526. The summed E-state index contributed by atoms with van der Waals surface area (Å²) in [5.41, 5.74) is -5.55. The third-order valence-electron chi connectivity index (χ3n) is 3.84. The lowest BCUT2D eigenvalue weighted by molar-refractivity contribution is -0.0496. The van der Waals surface area contributed by atoms with Crippen molar-refractivity contribution >= 4 is 65.6 Å². The van der Waals surface area contributed by atoms with Crippen molar-refractivity contribution in [3.63, 3.8) is 0 Å². The quantitative estimate of drug-likeness (QED) is 0.219. The van der Waals surface area contributed by atoms with Gasteiger partial charge in [0.05, 0.1) is 0 Å². The molecule has 3 aromatic carbocycles. The zero-order valence-corrected chi connectivity index (χ0v) is 20.4. The first-order chi connectivity index (χ1) is 13.6. The first-order valence-corrected chi connectivity index (χ1v) is 13.1. The molecule has 0 saturated carbocycles. The summed E-state index contributed by atoms with van der Waals surface area (Å²) in [6.07, 6.45) is 0. The van der Waals surface area contributed by atoms with Gasteiger partial charge in [0.15, 0.2) is 0 Å². The molecule has 0 saturated heterocycles. The van der Waals surface area contributed by atoms with Crippen LogP contribution in [0.4, 0.5) is 13.2 Å². The topological polar surface area (TPSA) is 43.4 Å². The maximum Gasteiger partial charge on any atom is 0.524 e. The van der Waals surface area contributed by atoms with E-state index in [1.54, 1.807) is 78.9 Å². The Kier molecular flexibility index (Phi) is 6.88. The van der Waals surface area contributed by atoms with E-state index in [4.69, 9.17) is 3.63 Å². The molecule has 0 heterocycles. The summed E-state index contributed by atoms with van der Waals surface area (Å²) < 4.78 is 71.3. The lowest BCUT2D eigenvalue weighted by Crippen LogP contribution is -2.27. The van der Waals surface area contributed by atoms with Crippen LogP contribution in [0.1, 0.15) is 0 Å². The number of rotatable bonds is 5. The van der Waals surface area contributed by atoms with Crippen molar-refractivity contribution in [1.29, 1.82) is 0 Å². The summed E-state index contributed by atoms with van der Waals surface area (Å²) in [5.74, 6) is 0.